The minimum absolute atomic E-state index is 0.0492. The van der Waals surface area contributed by atoms with Gasteiger partial charge < -0.3 is 15.2 Å². The highest BCUT2D eigenvalue weighted by atomic mass is 32.2. The van der Waals surface area contributed by atoms with Crippen LogP contribution in [0.3, 0.4) is 0 Å². The Labute approximate surface area is 145 Å². The maximum atomic E-state index is 12.6. The van der Waals surface area contributed by atoms with Crippen molar-refractivity contribution >= 4 is 28.4 Å². The minimum atomic E-state index is -0.122. The van der Waals surface area contributed by atoms with Gasteiger partial charge in [-0.15, -0.1) is 0 Å². The second kappa shape index (κ2) is 6.30. The van der Waals surface area contributed by atoms with Crippen LogP contribution in [0.25, 0.3) is 10.8 Å². The van der Waals surface area contributed by atoms with Gasteiger partial charge in [0.05, 0.1) is 5.60 Å². The number of carbonyl (C=O) groups is 1. The zero-order valence-corrected chi connectivity index (χ0v) is 14.3. The number of hydrogen-bond acceptors (Lipinski definition) is 4. The van der Waals surface area contributed by atoms with Gasteiger partial charge in [0.25, 0.3) is 5.91 Å². The molecule has 0 aliphatic carbocycles. The molecule has 2 atom stereocenters. The largest absolute Gasteiger partial charge is 0.507 e. The van der Waals surface area contributed by atoms with Crippen molar-refractivity contribution in [2.24, 2.45) is 0 Å². The smallest absolute Gasteiger partial charge is 0.251 e. The maximum absolute atomic E-state index is 12.6. The van der Waals surface area contributed by atoms with Crippen LogP contribution in [-0.4, -0.2) is 40.8 Å². The molecule has 2 aliphatic rings. The van der Waals surface area contributed by atoms with E-state index < -0.39 is 0 Å². The van der Waals surface area contributed by atoms with Gasteiger partial charge in [-0.1, -0.05) is 24.3 Å². The van der Waals surface area contributed by atoms with E-state index in [9.17, 15) is 9.90 Å². The molecule has 2 aromatic carbocycles. The highest BCUT2D eigenvalue weighted by Gasteiger charge is 2.40. The molecule has 0 aromatic heterocycles. The van der Waals surface area contributed by atoms with E-state index >= 15 is 0 Å². The second-order valence-corrected chi connectivity index (χ2v) is 7.82. The third-order valence-corrected chi connectivity index (χ3v) is 6.22. The van der Waals surface area contributed by atoms with Crippen molar-refractivity contribution in [1.82, 2.24) is 5.32 Å². The normalized spacial score (nSPS) is 26.8. The first-order valence-corrected chi connectivity index (χ1v) is 9.55. The molecule has 2 N–H and O–H groups in total. The molecule has 0 saturated carbocycles. The lowest BCUT2D eigenvalue weighted by Gasteiger charge is -2.38. The highest BCUT2D eigenvalue weighted by molar-refractivity contribution is 7.99. The van der Waals surface area contributed by atoms with Crippen molar-refractivity contribution in [3.8, 4) is 5.75 Å². The molecule has 4 rings (SSSR count). The summed E-state index contributed by atoms with van der Waals surface area (Å²) in [5, 5.41) is 14.9. The maximum Gasteiger partial charge on any atom is 0.251 e. The minimum Gasteiger partial charge on any atom is -0.507 e. The molecule has 0 bridgehead atoms. The summed E-state index contributed by atoms with van der Waals surface area (Å²) >= 11 is 1.93. The Kier molecular flexibility index (Phi) is 4.14. The zero-order chi connectivity index (χ0) is 16.6. The number of rotatable bonds is 2. The molecule has 2 fully saturated rings. The Morgan fingerprint density at radius 1 is 1.33 bits per heavy atom. The molecule has 24 heavy (non-hydrogen) atoms. The molecule has 1 spiro atoms. The summed E-state index contributed by atoms with van der Waals surface area (Å²) in [5.41, 5.74) is 0.458. The lowest BCUT2D eigenvalue weighted by molar-refractivity contribution is -0.0688. The Bertz CT molecular complexity index is 770. The van der Waals surface area contributed by atoms with E-state index in [-0.39, 0.29) is 23.3 Å². The van der Waals surface area contributed by atoms with E-state index in [1.165, 1.54) is 0 Å². The van der Waals surface area contributed by atoms with E-state index in [2.05, 4.69) is 5.32 Å². The highest BCUT2D eigenvalue weighted by Crippen LogP contribution is 2.38. The van der Waals surface area contributed by atoms with Crippen LogP contribution < -0.4 is 5.32 Å². The predicted molar refractivity (Wildman–Crippen MR) is 96.7 cm³/mol. The summed E-state index contributed by atoms with van der Waals surface area (Å²) in [6.07, 6.45) is 2.80. The Balaban J connectivity index is 1.52. The number of ether oxygens (including phenoxy) is 1. The molecule has 5 heteroatoms. The molecule has 4 nitrogen and oxygen atoms in total. The number of nitrogens with one attached hydrogen (secondary N) is 1. The summed E-state index contributed by atoms with van der Waals surface area (Å²) < 4.78 is 6.01. The Morgan fingerprint density at radius 3 is 3.04 bits per heavy atom. The molecule has 1 amide bonds. The quantitative estimate of drug-likeness (QED) is 0.878. The van der Waals surface area contributed by atoms with Gasteiger partial charge in [-0.05, 0) is 42.5 Å². The summed E-state index contributed by atoms with van der Waals surface area (Å²) in [6.45, 7) is 0.703. The first-order valence-electron chi connectivity index (χ1n) is 8.40. The lowest BCUT2D eigenvalue weighted by Crippen LogP contribution is -2.48. The van der Waals surface area contributed by atoms with Gasteiger partial charge in [-0.2, -0.15) is 11.8 Å². The van der Waals surface area contributed by atoms with Crippen LogP contribution in [0.1, 0.15) is 29.6 Å². The summed E-state index contributed by atoms with van der Waals surface area (Å²) in [4.78, 5) is 12.6. The molecular formula is C19H21NO3S. The third-order valence-electron chi connectivity index (χ3n) is 5.00. The Hall–Kier alpha value is -1.72. The number of aromatic hydroxyl groups is 1. The molecule has 2 unspecified atom stereocenters. The van der Waals surface area contributed by atoms with Gasteiger partial charge in [0.15, 0.2) is 0 Å². The number of phenols is 1. The van der Waals surface area contributed by atoms with Gasteiger partial charge in [0, 0.05) is 29.4 Å². The van der Waals surface area contributed by atoms with E-state index in [0.717, 1.165) is 41.5 Å². The van der Waals surface area contributed by atoms with E-state index in [4.69, 9.17) is 4.74 Å². The summed E-state index contributed by atoms with van der Waals surface area (Å²) in [5.74, 6) is 2.19. The van der Waals surface area contributed by atoms with Gasteiger partial charge in [0.2, 0.25) is 0 Å². The third kappa shape index (κ3) is 2.98. The first-order chi connectivity index (χ1) is 11.7. The van der Waals surface area contributed by atoms with Crippen LogP contribution in [0.2, 0.25) is 0 Å². The summed E-state index contributed by atoms with van der Waals surface area (Å²) in [6, 6.07) is 11.1. The number of phenolic OH excluding ortho intramolecular Hbond substituents is 1. The summed E-state index contributed by atoms with van der Waals surface area (Å²) in [7, 11) is 0. The standard InChI is InChI=1S/C19H21NO3S/c21-17-10-14(9-13-3-1-2-4-16(13)17)18(22)20-15-5-7-23-19(11-15)6-8-24-12-19/h1-4,9-10,15,21H,5-8,11-12H2,(H,20,22). The number of benzene rings is 2. The van der Waals surface area contributed by atoms with Crippen LogP contribution in [-0.2, 0) is 4.74 Å². The molecule has 2 heterocycles. The molecular weight excluding hydrogens is 322 g/mol. The van der Waals surface area contributed by atoms with Crippen LogP contribution in [0.15, 0.2) is 36.4 Å². The number of thioether (sulfide) groups is 1. The lowest BCUT2D eigenvalue weighted by atomic mass is 9.89. The fourth-order valence-corrected chi connectivity index (χ4v) is 5.08. The van der Waals surface area contributed by atoms with Gasteiger partial charge in [-0.3, -0.25) is 4.79 Å². The first kappa shape index (κ1) is 15.8. The topological polar surface area (TPSA) is 58.6 Å². The van der Waals surface area contributed by atoms with Crippen molar-refractivity contribution in [2.45, 2.75) is 30.9 Å². The van der Waals surface area contributed by atoms with Crippen LogP contribution in [0.5, 0.6) is 5.75 Å². The van der Waals surface area contributed by atoms with Gasteiger partial charge >= 0.3 is 0 Å². The van der Waals surface area contributed by atoms with Crippen LogP contribution >= 0.6 is 11.8 Å². The second-order valence-electron chi connectivity index (χ2n) is 6.71. The van der Waals surface area contributed by atoms with E-state index in [0.29, 0.717) is 12.2 Å². The monoisotopic (exact) mass is 343 g/mol. The van der Waals surface area contributed by atoms with E-state index in [1.54, 1.807) is 6.07 Å². The van der Waals surface area contributed by atoms with Crippen molar-refractivity contribution in [2.75, 3.05) is 18.1 Å². The average Bonchev–Trinajstić information content (AvgIpc) is 3.02. The SMILES string of the molecule is O=C(NC1CCOC2(CCSC2)C1)c1cc(O)c2ccccc2c1. The predicted octanol–water partition coefficient (Wildman–Crippen LogP) is 3.33. The number of fused-ring (bicyclic) bond motifs is 1. The van der Waals surface area contributed by atoms with Crippen molar-refractivity contribution in [3.63, 3.8) is 0 Å². The van der Waals surface area contributed by atoms with Crippen molar-refractivity contribution in [3.05, 3.63) is 42.0 Å². The van der Waals surface area contributed by atoms with Gasteiger partial charge in [-0.25, -0.2) is 0 Å². The van der Waals surface area contributed by atoms with Crippen molar-refractivity contribution in [1.29, 1.82) is 0 Å². The Morgan fingerprint density at radius 2 is 2.21 bits per heavy atom. The average molecular weight is 343 g/mol. The fraction of sp³-hybridized carbons (Fsp3) is 0.421. The van der Waals surface area contributed by atoms with E-state index in [1.807, 2.05) is 42.1 Å². The van der Waals surface area contributed by atoms with Gasteiger partial charge in [0.1, 0.15) is 5.75 Å². The van der Waals surface area contributed by atoms with Crippen LogP contribution in [0, 0.1) is 0 Å². The number of hydrogen-bond donors (Lipinski definition) is 2. The zero-order valence-electron chi connectivity index (χ0n) is 13.5. The fourth-order valence-electron chi connectivity index (χ4n) is 3.70. The number of carbonyl (C=O) groups excluding carboxylic acids is 1. The molecule has 2 aromatic rings. The van der Waals surface area contributed by atoms with Crippen molar-refractivity contribution < 1.29 is 14.6 Å². The number of amides is 1. The van der Waals surface area contributed by atoms with Crippen LogP contribution in [0.4, 0.5) is 0 Å². The molecule has 126 valence electrons. The molecule has 2 aliphatic heterocycles. The molecule has 0 radical (unpaired) electrons. The molecule has 2 saturated heterocycles.